The van der Waals surface area contributed by atoms with Crippen molar-refractivity contribution in [1.82, 2.24) is 9.80 Å². The highest BCUT2D eigenvalue weighted by Gasteiger charge is 2.37. The summed E-state index contributed by atoms with van der Waals surface area (Å²) < 4.78 is 11.2. The van der Waals surface area contributed by atoms with Crippen LogP contribution in [0.2, 0.25) is 0 Å². The minimum Gasteiger partial charge on any atom is -0.378 e. The smallest absolute Gasteiger partial charge is 0.239 e. The number of rotatable bonds is 3. The van der Waals surface area contributed by atoms with E-state index in [9.17, 15) is 4.79 Å². The first-order valence-electron chi connectivity index (χ1n) is 7.41. The van der Waals surface area contributed by atoms with Crippen LogP contribution in [0.25, 0.3) is 0 Å². The minimum absolute atomic E-state index is 0.00121. The standard InChI is InChI=1S/C14H27N3O3/c1-11(13(18)16-4-6-19-7-5-16)17-9-12(8-15)20-14(2,3)10-17/h11-12H,4-10,15H2,1-3H3. The first-order valence-corrected chi connectivity index (χ1v) is 7.41. The summed E-state index contributed by atoms with van der Waals surface area (Å²) in [6.45, 7) is 10.7. The molecule has 0 aromatic rings. The quantitative estimate of drug-likeness (QED) is 0.769. The van der Waals surface area contributed by atoms with Crippen LogP contribution >= 0.6 is 0 Å². The van der Waals surface area contributed by atoms with Crippen molar-refractivity contribution in [2.75, 3.05) is 45.9 Å². The van der Waals surface area contributed by atoms with E-state index in [1.807, 2.05) is 25.7 Å². The second kappa shape index (κ2) is 6.39. The molecule has 2 saturated heterocycles. The molecule has 2 aliphatic heterocycles. The Labute approximate surface area is 121 Å². The van der Waals surface area contributed by atoms with E-state index in [0.29, 0.717) is 32.8 Å². The van der Waals surface area contributed by atoms with Gasteiger partial charge in [0.25, 0.3) is 0 Å². The fourth-order valence-corrected chi connectivity index (χ4v) is 2.96. The number of amides is 1. The van der Waals surface area contributed by atoms with E-state index in [4.69, 9.17) is 15.2 Å². The van der Waals surface area contributed by atoms with Gasteiger partial charge in [0.2, 0.25) is 5.91 Å². The molecule has 2 heterocycles. The maximum Gasteiger partial charge on any atom is 0.239 e. The predicted octanol–water partition coefficient (Wildman–Crippen LogP) is -0.328. The van der Waals surface area contributed by atoms with Gasteiger partial charge in [-0.1, -0.05) is 0 Å². The van der Waals surface area contributed by atoms with Crippen molar-refractivity contribution in [3.8, 4) is 0 Å². The maximum atomic E-state index is 12.6. The van der Waals surface area contributed by atoms with E-state index in [2.05, 4.69) is 4.90 Å². The largest absolute Gasteiger partial charge is 0.378 e. The van der Waals surface area contributed by atoms with Crippen LogP contribution in [0.3, 0.4) is 0 Å². The van der Waals surface area contributed by atoms with Crippen LogP contribution in [0.5, 0.6) is 0 Å². The zero-order chi connectivity index (χ0) is 14.8. The third-order valence-electron chi connectivity index (χ3n) is 4.00. The maximum absolute atomic E-state index is 12.6. The van der Waals surface area contributed by atoms with Crippen LogP contribution in [0.4, 0.5) is 0 Å². The Morgan fingerprint density at radius 2 is 2.05 bits per heavy atom. The summed E-state index contributed by atoms with van der Waals surface area (Å²) in [5.41, 5.74) is 5.48. The molecule has 6 nitrogen and oxygen atoms in total. The molecule has 116 valence electrons. The molecule has 0 radical (unpaired) electrons. The summed E-state index contributed by atoms with van der Waals surface area (Å²) in [6, 6.07) is -0.134. The highest BCUT2D eigenvalue weighted by atomic mass is 16.5. The van der Waals surface area contributed by atoms with Gasteiger partial charge in [0.05, 0.1) is 31.0 Å². The van der Waals surface area contributed by atoms with E-state index < -0.39 is 0 Å². The van der Waals surface area contributed by atoms with Crippen LogP contribution in [-0.4, -0.2) is 79.4 Å². The Bertz CT molecular complexity index is 343. The molecule has 2 rings (SSSR count). The predicted molar refractivity (Wildman–Crippen MR) is 76.4 cm³/mol. The van der Waals surface area contributed by atoms with Crippen LogP contribution in [0, 0.1) is 0 Å². The average Bonchev–Trinajstić information content (AvgIpc) is 2.44. The second-order valence-corrected chi connectivity index (χ2v) is 6.28. The number of carbonyl (C=O) groups excluding carboxylic acids is 1. The van der Waals surface area contributed by atoms with Crippen LogP contribution in [0.15, 0.2) is 0 Å². The Morgan fingerprint density at radius 1 is 1.40 bits per heavy atom. The molecule has 2 aliphatic rings. The first kappa shape index (κ1) is 15.7. The molecule has 1 amide bonds. The first-order chi connectivity index (χ1) is 9.43. The van der Waals surface area contributed by atoms with Gasteiger partial charge in [0.1, 0.15) is 0 Å². The average molecular weight is 285 g/mol. The zero-order valence-corrected chi connectivity index (χ0v) is 12.8. The fraction of sp³-hybridized carbons (Fsp3) is 0.929. The van der Waals surface area contributed by atoms with Crippen LogP contribution < -0.4 is 5.73 Å². The van der Waals surface area contributed by atoms with Gasteiger partial charge >= 0.3 is 0 Å². The van der Waals surface area contributed by atoms with Gasteiger partial charge in [-0.05, 0) is 20.8 Å². The molecular formula is C14H27N3O3. The summed E-state index contributed by atoms with van der Waals surface area (Å²) in [5, 5.41) is 0. The molecule has 20 heavy (non-hydrogen) atoms. The van der Waals surface area contributed by atoms with E-state index in [0.717, 1.165) is 13.1 Å². The highest BCUT2D eigenvalue weighted by Crippen LogP contribution is 2.23. The van der Waals surface area contributed by atoms with Crippen LogP contribution in [0.1, 0.15) is 20.8 Å². The molecule has 2 unspecified atom stereocenters. The molecule has 0 bridgehead atoms. The third kappa shape index (κ3) is 3.69. The molecule has 2 atom stereocenters. The molecule has 2 N–H and O–H groups in total. The Balaban J connectivity index is 1.99. The molecule has 0 aliphatic carbocycles. The van der Waals surface area contributed by atoms with Crippen molar-refractivity contribution < 1.29 is 14.3 Å². The Kier molecular flexibility index (Phi) is 5.01. The number of hydrogen-bond acceptors (Lipinski definition) is 5. The summed E-state index contributed by atoms with van der Waals surface area (Å²) in [6.07, 6.45) is -0.00121. The number of morpholine rings is 2. The lowest BCUT2D eigenvalue weighted by atomic mass is 10.0. The SMILES string of the molecule is CC(C(=O)N1CCOCC1)N1CC(CN)OC(C)(C)C1. The van der Waals surface area contributed by atoms with Crippen molar-refractivity contribution in [3.05, 3.63) is 0 Å². The minimum atomic E-state index is -0.262. The molecule has 0 saturated carbocycles. The van der Waals surface area contributed by atoms with Crippen molar-refractivity contribution in [3.63, 3.8) is 0 Å². The van der Waals surface area contributed by atoms with Gasteiger partial charge in [-0.25, -0.2) is 0 Å². The fourth-order valence-electron chi connectivity index (χ4n) is 2.96. The molecular weight excluding hydrogens is 258 g/mol. The molecule has 2 fully saturated rings. The summed E-state index contributed by atoms with van der Waals surface area (Å²) >= 11 is 0. The van der Waals surface area contributed by atoms with Gasteiger partial charge < -0.3 is 20.1 Å². The number of nitrogens with two attached hydrogens (primary N) is 1. The van der Waals surface area contributed by atoms with Gasteiger partial charge in [0.15, 0.2) is 0 Å². The number of ether oxygens (including phenoxy) is 2. The van der Waals surface area contributed by atoms with E-state index in [-0.39, 0.29) is 23.7 Å². The normalized spacial score (nSPS) is 29.2. The number of hydrogen-bond donors (Lipinski definition) is 1. The third-order valence-corrected chi connectivity index (χ3v) is 4.00. The Hall–Kier alpha value is -0.690. The summed E-state index contributed by atoms with van der Waals surface area (Å²) in [7, 11) is 0. The number of carbonyl (C=O) groups is 1. The van der Waals surface area contributed by atoms with Crippen molar-refractivity contribution >= 4 is 5.91 Å². The topological polar surface area (TPSA) is 68.0 Å². The lowest BCUT2D eigenvalue weighted by Crippen LogP contribution is -2.60. The lowest BCUT2D eigenvalue weighted by Gasteiger charge is -2.45. The highest BCUT2D eigenvalue weighted by molar-refractivity contribution is 5.81. The molecule has 0 spiro atoms. The Morgan fingerprint density at radius 3 is 2.65 bits per heavy atom. The van der Waals surface area contributed by atoms with Crippen LogP contribution in [-0.2, 0) is 14.3 Å². The molecule has 0 aromatic carbocycles. The molecule has 6 heteroatoms. The van der Waals surface area contributed by atoms with Crippen molar-refractivity contribution in [2.24, 2.45) is 5.73 Å². The van der Waals surface area contributed by atoms with E-state index >= 15 is 0 Å². The summed E-state index contributed by atoms with van der Waals surface area (Å²) in [4.78, 5) is 16.7. The van der Waals surface area contributed by atoms with Gasteiger partial charge in [-0.15, -0.1) is 0 Å². The van der Waals surface area contributed by atoms with Crippen molar-refractivity contribution in [1.29, 1.82) is 0 Å². The lowest BCUT2D eigenvalue weighted by molar-refractivity contribution is -0.158. The summed E-state index contributed by atoms with van der Waals surface area (Å²) in [5.74, 6) is 0.182. The van der Waals surface area contributed by atoms with E-state index in [1.54, 1.807) is 0 Å². The van der Waals surface area contributed by atoms with Gasteiger partial charge in [0, 0.05) is 32.7 Å². The van der Waals surface area contributed by atoms with Gasteiger partial charge in [-0.2, -0.15) is 0 Å². The van der Waals surface area contributed by atoms with E-state index in [1.165, 1.54) is 0 Å². The van der Waals surface area contributed by atoms with Crippen molar-refractivity contribution in [2.45, 2.75) is 38.5 Å². The monoisotopic (exact) mass is 285 g/mol. The zero-order valence-electron chi connectivity index (χ0n) is 12.8. The second-order valence-electron chi connectivity index (χ2n) is 6.28. The number of nitrogens with zero attached hydrogens (tertiary/aromatic N) is 2. The molecule has 0 aromatic heterocycles. The van der Waals surface area contributed by atoms with Gasteiger partial charge in [-0.3, -0.25) is 9.69 Å².